The van der Waals surface area contributed by atoms with Gasteiger partial charge in [0.25, 0.3) is 0 Å². The molecule has 1 aromatic rings. The predicted octanol–water partition coefficient (Wildman–Crippen LogP) is 1.28. The third-order valence-corrected chi connectivity index (χ3v) is 4.66. The lowest BCUT2D eigenvalue weighted by molar-refractivity contribution is 0.0314. The van der Waals surface area contributed by atoms with E-state index in [1.807, 2.05) is 24.8 Å². The second-order valence-electron chi connectivity index (χ2n) is 6.44. The van der Waals surface area contributed by atoms with E-state index in [9.17, 15) is 4.79 Å². The van der Waals surface area contributed by atoms with Crippen LogP contribution < -0.4 is 5.32 Å². The quantitative estimate of drug-likeness (QED) is 0.909. The van der Waals surface area contributed by atoms with Gasteiger partial charge in [-0.15, -0.1) is 5.10 Å². The lowest BCUT2D eigenvalue weighted by Crippen LogP contribution is -2.40. The Balaban J connectivity index is 1.49. The summed E-state index contributed by atoms with van der Waals surface area (Å²) in [5, 5.41) is 10.9. The minimum Gasteiger partial charge on any atom is -0.379 e. The second kappa shape index (κ2) is 7.23. The van der Waals surface area contributed by atoms with Crippen molar-refractivity contribution in [3.63, 3.8) is 0 Å². The monoisotopic (exact) mass is 319 g/mol. The van der Waals surface area contributed by atoms with Gasteiger partial charge in [-0.25, -0.2) is 4.79 Å². The Morgan fingerprint density at radius 1 is 1.30 bits per heavy atom. The number of anilines is 1. The molecule has 1 unspecified atom stereocenters. The first-order valence-electron chi connectivity index (χ1n) is 8.29. The van der Waals surface area contributed by atoms with Crippen molar-refractivity contribution in [2.75, 3.05) is 51.3 Å². The first kappa shape index (κ1) is 16.1. The van der Waals surface area contributed by atoms with Crippen LogP contribution in [0, 0.1) is 19.8 Å². The summed E-state index contributed by atoms with van der Waals surface area (Å²) in [6.45, 7) is 10.2. The number of carbonyl (C=O) groups excluding carboxylic acids is 1. The number of nitrogens with zero attached hydrogens (tertiary/aromatic N) is 4. The van der Waals surface area contributed by atoms with Crippen LogP contribution in [0.3, 0.4) is 0 Å². The maximum absolute atomic E-state index is 12.4. The molecule has 1 aromatic heterocycles. The van der Waals surface area contributed by atoms with Gasteiger partial charge in [0, 0.05) is 32.7 Å². The number of carbonyl (C=O) groups is 1. The molecule has 2 amide bonds. The third kappa shape index (κ3) is 4.17. The van der Waals surface area contributed by atoms with Crippen molar-refractivity contribution >= 4 is 11.8 Å². The van der Waals surface area contributed by atoms with Crippen LogP contribution in [-0.4, -0.2) is 72.0 Å². The number of hydrogen-bond donors (Lipinski definition) is 1. The number of likely N-dealkylation sites (tertiary alicyclic amines) is 1. The summed E-state index contributed by atoms with van der Waals surface area (Å²) < 4.78 is 5.38. The molecule has 0 radical (unpaired) electrons. The number of aromatic nitrogens is 2. The average Bonchev–Trinajstić information content (AvgIpc) is 3.00. The van der Waals surface area contributed by atoms with Crippen LogP contribution in [0.2, 0.25) is 0 Å². The largest absolute Gasteiger partial charge is 0.379 e. The Hall–Kier alpha value is -1.73. The molecule has 23 heavy (non-hydrogen) atoms. The van der Waals surface area contributed by atoms with Crippen LogP contribution in [0.5, 0.6) is 0 Å². The van der Waals surface area contributed by atoms with Gasteiger partial charge in [0.05, 0.1) is 18.9 Å². The molecule has 2 aliphatic heterocycles. The Bertz CT molecular complexity index is 559. The lowest BCUT2D eigenvalue weighted by atomic mass is 10.1. The fourth-order valence-corrected chi connectivity index (χ4v) is 3.11. The summed E-state index contributed by atoms with van der Waals surface area (Å²) in [6, 6.07) is 1.79. The van der Waals surface area contributed by atoms with Crippen LogP contribution in [0.4, 0.5) is 10.6 Å². The lowest BCUT2D eigenvalue weighted by Gasteiger charge is -2.29. The average molecular weight is 319 g/mol. The highest BCUT2D eigenvalue weighted by molar-refractivity contribution is 5.88. The van der Waals surface area contributed by atoms with Gasteiger partial charge in [-0.05, 0) is 37.8 Å². The molecule has 126 valence electrons. The molecule has 7 nitrogen and oxygen atoms in total. The highest BCUT2D eigenvalue weighted by Crippen LogP contribution is 2.19. The maximum atomic E-state index is 12.4. The number of nitrogens with one attached hydrogen (secondary N) is 1. The zero-order valence-electron chi connectivity index (χ0n) is 13.9. The van der Waals surface area contributed by atoms with Crippen molar-refractivity contribution in [2.45, 2.75) is 20.3 Å². The minimum absolute atomic E-state index is 0.0768. The summed E-state index contributed by atoms with van der Waals surface area (Å²) in [4.78, 5) is 16.7. The van der Waals surface area contributed by atoms with Crippen molar-refractivity contribution in [1.82, 2.24) is 20.0 Å². The van der Waals surface area contributed by atoms with E-state index in [0.29, 0.717) is 11.7 Å². The summed E-state index contributed by atoms with van der Waals surface area (Å²) in [5.41, 5.74) is 1.91. The molecule has 2 aliphatic rings. The summed E-state index contributed by atoms with van der Waals surface area (Å²) in [7, 11) is 0. The molecular formula is C16H25N5O2. The first-order chi connectivity index (χ1) is 11.1. The highest BCUT2D eigenvalue weighted by atomic mass is 16.5. The molecular weight excluding hydrogens is 294 g/mol. The maximum Gasteiger partial charge on any atom is 0.323 e. The van der Waals surface area contributed by atoms with Gasteiger partial charge in [0.15, 0.2) is 5.82 Å². The van der Waals surface area contributed by atoms with E-state index in [2.05, 4.69) is 20.4 Å². The van der Waals surface area contributed by atoms with Crippen LogP contribution >= 0.6 is 0 Å². The number of rotatable bonds is 3. The molecule has 2 saturated heterocycles. The molecule has 3 rings (SSSR count). The molecule has 0 spiro atoms. The van der Waals surface area contributed by atoms with Crippen LogP contribution in [0.25, 0.3) is 0 Å². The smallest absolute Gasteiger partial charge is 0.323 e. The van der Waals surface area contributed by atoms with Crippen molar-refractivity contribution in [3.05, 3.63) is 17.3 Å². The van der Waals surface area contributed by atoms with Gasteiger partial charge in [0.1, 0.15) is 0 Å². The summed E-state index contributed by atoms with van der Waals surface area (Å²) in [6.07, 6.45) is 1.06. The fraction of sp³-hybridized carbons (Fsp3) is 0.688. The van der Waals surface area contributed by atoms with E-state index in [0.717, 1.165) is 63.6 Å². The van der Waals surface area contributed by atoms with Crippen molar-refractivity contribution in [1.29, 1.82) is 0 Å². The van der Waals surface area contributed by atoms with Crippen molar-refractivity contribution in [2.24, 2.45) is 5.92 Å². The molecule has 1 atom stereocenters. The Kier molecular flexibility index (Phi) is 5.07. The van der Waals surface area contributed by atoms with E-state index in [1.165, 1.54) is 0 Å². The molecule has 2 fully saturated rings. The predicted molar refractivity (Wildman–Crippen MR) is 87.5 cm³/mol. The number of hydrogen-bond acceptors (Lipinski definition) is 5. The van der Waals surface area contributed by atoms with E-state index in [-0.39, 0.29) is 6.03 Å². The zero-order valence-corrected chi connectivity index (χ0v) is 13.9. The Labute approximate surface area is 137 Å². The molecule has 0 aliphatic carbocycles. The number of amides is 2. The second-order valence-corrected chi connectivity index (χ2v) is 6.44. The number of morpholine rings is 1. The molecule has 7 heteroatoms. The van der Waals surface area contributed by atoms with Crippen molar-refractivity contribution < 1.29 is 9.53 Å². The van der Waals surface area contributed by atoms with Crippen LogP contribution in [-0.2, 0) is 4.74 Å². The minimum atomic E-state index is -0.0768. The van der Waals surface area contributed by atoms with E-state index < -0.39 is 0 Å². The van der Waals surface area contributed by atoms with Gasteiger partial charge < -0.3 is 9.64 Å². The zero-order chi connectivity index (χ0) is 16.2. The number of ether oxygens (including phenoxy) is 1. The Morgan fingerprint density at radius 2 is 2.09 bits per heavy atom. The molecule has 3 heterocycles. The normalized spacial score (nSPS) is 22.3. The third-order valence-electron chi connectivity index (χ3n) is 4.66. The number of urea groups is 1. The summed E-state index contributed by atoms with van der Waals surface area (Å²) >= 11 is 0. The standard InChI is InChI=1S/C16H25N5O2/c1-12-9-15(19-18-13(12)2)17-16(22)21-4-3-14(11-21)10-20-5-7-23-8-6-20/h9,14H,3-8,10-11H2,1-2H3,(H,17,19,22). The molecule has 1 N–H and O–H groups in total. The Morgan fingerprint density at radius 3 is 2.83 bits per heavy atom. The van der Waals surface area contributed by atoms with E-state index in [4.69, 9.17) is 4.74 Å². The van der Waals surface area contributed by atoms with Gasteiger partial charge in [-0.2, -0.15) is 5.10 Å². The molecule has 0 saturated carbocycles. The SMILES string of the molecule is Cc1cc(NC(=O)N2CCC(CN3CCOCC3)C2)nnc1C. The van der Waals surface area contributed by atoms with Crippen LogP contribution in [0.1, 0.15) is 17.7 Å². The topological polar surface area (TPSA) is 70.6 Å². The number of aryl methyl sites for hydroxylation is 2. The molecule has 0 aromatic carbocycles. The highest BCUT2D eigenvalue weighted by Gasteiger charge is 2.28. The summed E-state index contributed by atoms with van der Waals surface area (Å²) in [5.74, 6) is 1.07. The first-order valence-corrected chi connectivity index (χ1v) is 8.29. The fourth-order valence-electron chi connectivity index (χ4n) is 3.11. The van der Waals surface area contributed by atoms with E-state index in [1.54, 1.807) is 0 Å². The van der Waals surface area contributed by atoms with Crippen LogP contribution in [0.15, 0.2) is 6.07 Å². The van der Waals surface area contributed by atoms with Gasteiger partial charge in [0.2, 0.25) is 0 Å². The molecule has 0 bridgehead atoms. The van der Waals surface area contributed by atoms with Gasteiger partial charge >= 0.3 is 6.03 Å². The van der Waals surface area contributed by atoms with Gasteiger partial charge in [-0.1, -0.05) is 0 Å². The van der Waals surface area contributed by atoms with Crippen molar-refractivity contribution in [3.8, 4) is 0 Å². The van der Waals surface area contributed by atoms with Gasteiger partial charge in [-0.3, -0.25) is 10.2 Å². The van der Waals surface area contributed by atoms with E-state index >= 15 is 0 Å².